The van der Waals surface area contributed by atoms with E-state index in [-0.39, 0.29) is 30.3 Å². The lowest BCUT2D eigenvalue weighted by atomic mass is 9.87. The topological polar surface area (TPSA) is 72.5 Å². The van der Waals surface area contributed by atoms with Crippen LogP contribution < -0.4 is 5.32 Å². The molecule has 0 unspecified atom stereocenters. The first-order valence-corrected chi connectivity index (χ1v) is 10.4. The standard InChI is InChI=1S/C25H29NO4/c1-25(2,3)21-12-10-18(11-13-21)24(29)26-15-23(28)30-16-22(27)20-9-8-17-6-4-5-7-19(17)14-20/h8-14H,4-7,15-16H2,1-3H3,(H,26,29). The average Bonchev–Trinajstić information content (AvgIpc) is 2.74. The predicted molar refractivity (Wildman–Crippen MR) is 116 cm³/mol. The quantitative estimate of drug-likeness (QED) is 0.580. The van der Waals surface area contributed by atoms with Crippen LogP contribution in [0.4, 0.5) is 0 Å². The summed E-state index contributed by atoms with van der Waals surface area (Å²) >= 11 is 0. The van der Waals surface area contributed by atoms with Gasteiger partial charge in [-0.3, -0.25) is 14.4 Å². The number of carbonyl (C=O) groups is 3. The molecule has 0 aliphatic heterocycles. The van der Waals surface area contributed by atoms with Gasteiger partial charge in [-0.2, -0.15) is 0 Å². The summed E-state index contributed by atoms with van der Waals surface area (Å²) in [5.74, 6) is -1.23. The molecule has 0 radical (unpaired) electrons. The van der Waals surface area contributed by atoms with Crippen molar-refractivity contribution in [3.8, 4) is 0 Å². The third-order valence-corrected chi connectivity index (χ3v) is 5.44. The highest BCUT2D eigenvalue weighted by atomic mass is 16.5. The Morgan fingerprint density at radius 2 is 1.53 bits per heavy atom. The van der Waals surface area contributed by atoms with Gasteiger partial charge in [0.05, 0.1) is 0 Å². The molecule has 1 N–H and O–H groups in total. The highest BCUT2D eigenvalue weighted by Crippen LogP contribution is 2.23. The molecule has 0 aromatic heterocycles. The molecule has 5 nitrogen and oxygen atoms in total. The maximum Gasteiger partial charge on any atom is 0.325 e. The van der Waals surface area contributed by atoms with Crippen molar-refractivity contribution >= 4 is 17.7 Å². The molecule has 2 aromatic carbocycles. The fourth-order valence-corrected chi connectivity index (χ4v) is 3.56. The van der Waals surface area contributed by atoms with Crippen molar-refractivity contribution in [3.05, 3.63) is 70.3 Å². The van der Waals surface area contributed by atoms with Gasteiger partial charge in [-0.1, -0.05) is 45.0 Å². The Morgan fingerprint density at radius 3 is 2.20 bits per heavy atom. The molecular formula is C25H29NO4. The van der Waals surface area contributed by atoms with Crippen molar-refractivity contribution < 1.29 is 19.1 Å². The molecule has 1 amide bonds. The highest BCUT2D eigenvalue weighted by molar-refractivity contribution is 5.99. The monoisotopic (exact) mass is 407 g/mol. The average molecular weight is 408 g/mol. The van der Waals surface area contributed by atoms with Gasteiger partial charge in [0.15, 0.2) is 12.4 Å². The third-order valence-electron chi connectivity index (χ3n) is 5.44. The fraction of sp³-hybridized carbons (Fsp3) is 0.400. The van der Waals surface area contributed by atoms with Gasteiger partial charge in [-0.05, 0) is 66.0 Å². The molecule has 0 spiro atoms. The van der Waals surface area contributed by atoms with E-state index in [9.17, 15) is 14.4 Å². The molecule has 0 saturated heterocycles. The van der Waals surface area contributed by atoms with Gasteiger partial charge in [-0.25, -0.2) is 0 Å². The Balaban J connectivity index is 1.46. The van der Waals surface area contributed by atoms with Crippen LogP contribution in [0.2, 0.25) is 0 Å². The summed E-state index contributed by atoms with van der Waals surface area (Å²) in [5, 5.41) is 2.54. The first-order valence-electron chi connectivity index (χ1n) is 10.4. The molecule has 0 atom stereocenters. The van der Waals surface area contributed by atoms with Crippen molar-refractivity contribution in [2.45, 2.75) is 51.9 Å². The first-order chi connectivity index (χ1) is 14.2. The van der Waals surface area contributed by atoms with Gasteiger partial charge in [-0.15, -0.1) is 0 Å². The molecule has 158 valence electrons. The van der Waals surface area contributed by atoms with Gasteiger partial charge in [0, 0.05) is 11.1 Å². The molecule has 0 fully saturated rings. The summed E-state index contributed by atoms with van der Waals surface area (Å²) in [6.45, 7) is 5.70. The van der Waals surface area contributed by atoms with E-state index in [4.69, 9.17) is 4.74 Å². The maximum absolute atomic E-state index is 12.3. The van der Waals surface area contributed by atoms with E-state index in [0.717, 1.165) is 24.8 Å². The van der Waals surface area contributed by atoms with E-state index < -0.39 is 5.97 Å². The van der Waals surface area contributed by atoms with Crippen LogP contribution in [0, 0.1) is 0 Å². The number of amides is 1. The summed E-state index contributed by atoms with van der Waals surface area (Å²) < 4.78 is 5.05. The number of ketones is 1. The van der Waals surface area contributed by atoms with Gasteiger partial charge in [0.1, 0.15) is 6.54 Å². The van der Waals surface area contributed by atoms with Crippen molar-refractivity contribution in [3.63, 3.8) is 0 Å². The van der Waals surface area contributed by atoms with E-state index in [1.165, 1.54) is 17.5 Å². The Labute approximate surface area is 177 Å². The summed E-state index contributed by atoms with van der Waals surface area (Å²) in [5.41, 5.74) is 4.67. The second-order valence-electron chi connectivity index (χ2n) is 8.78. The lowest BCUT2D eigenvalue weighted by Crippen LogP contribution is -2.31. The number of hydrogen-bond donors (Lipinski definition) is 1. The highest BCUT2D eigenvalue weighted by Gasteiger charge is 2.16. The van der Waals surface area contributed by atoms with Gasteiger partial charge in [0.2, 0.25) is 0 Å². The Kier molecular flexibility index (Phi) is 6.70. The van der Waals surface area contributed by atoms with Gasteiger partial charge < -0.3 is 10.1 Å². The normalized spacial score (nSPS) is 13.3. The van der Waals surface area contributed by atoms with Crippen molar-refractivity contribution in [2.75, 3.05) is 13.2 Å². The van der Waals surface area contributed by atoms with E-state index in [1.54, 1.807) is 18.2 Å². The molecule has 1 aliphatic rings. The van der Waals surface area contributed by atoms with Crippen molar-refractivity contribution in [2.24, 2.45) is 0 Å². The van der Waals surface area contributed by atoms with Crippen molar-refractivity contribution in [1.29, 1.82) is 0 Å². The molecule has 0 heterocycles. The number of nitrogens with one attached hydrogen (secondary N) is 1. The van der Waals surface area contributed by atoms with Crippen LogP contribution in [0.1, 0.15) is 71.0 Å². The van der Waals surface area contributed by atoms with Crippen LogP contribution in [0.5, 0.6) is 0 Å². The fourth-order valence-electron chi connectivity index (χ4n) is 3.56. The predicted octanol–water partition coefficient (Wildman–Crippen LogP) is 4.02. The van der Waals surface area contributed by atoms with Crippen LogP contribution in [0.3, 0.4) is 0 Å². The number of Topliss-reactive ketones (excluding diaryl/α,β-unsaturated/α-hetero) is 1. The van der Waals surface area contributed by atoms with Crippen LogP contribution in [0.15, 0.2) is 42.5 Å². The molecule has 0 bridgehead atoms. The zero-order chi connectivity index (χ0) is 21.7. The number of benzene rings is 2. The van der Waals surface area contributed by atoms with Crippen LogP contribution in [-0.4, -0.2) is 30.8 Å². The lowest BCUT2D eigenvalue weighted by Gasteiger charge is -2.19. The van der Waals surface area contributed by atoms with Crippen LogP contribution in [0.25, 0.3) is 0 Å². The lowest BCUT2D eigenvalue weighted by molar-refractivity contribution is -0.141. The number of carbonyl (C=O) groups excluding carboxylic acids is 3. The summed E-state index contributed by atoms with van der Waals surface area (Å²) in [6.07, 6.45) is 4.36. The SMILES string of the molecule is CC(C)(C)c1ccc(C(=O)NCC(=O)OCC(=O)c2ccc3c(c2)CCCC3)cc1. The van der Waals surface area contributed by atoms with Crippen LogP contribution in [-0.2, 0) is 27.8 Å². The molecular weight excluding hydrogens is 378 g/mol. The van der Waals surface area contributed by atoms with E-state index in [2.05, 4.69) is 26.1 Å². The number of esters is 1. The minimum atomic E-state index is -0.638. The largest absolute Gasteiger partial charge is 0.456 e. The summed E-state index contributed by atoms with van der Waals surface area (Å²) in [6, 6.07) is 13.0. The molecule has 1 aliphatic carbocycles. The van der Waals surface area contributed by atoms with Crippen LogP contribution >= 0.6 is 0 Å². The molecule has 30 heavy (non-hydrogen) atoms. The number of hydrogen-bond acceptors (Lipinski definition) is 4. The van der Waals surface area contributed by atoms with E-state index >= 15 is 0 Å². The van der Waals surface area contributed by atoms with Gasteiger partial charge in [0.25, 0.3) is 5.91 Å². The smallest absolute Gasteiger partial charge is 0.325 e. The zero-order valence-electron chi connectivity index (χ0n) is 17.9. The first kappa shape index (κ1) is 21.8. The Bertz CT molecular complexity index is 939. The Hall–Kier alpha value is -2.95. The second kappa shape index (κ2) is 9.24. The maximum atomic E-state index is 12.3. The minimum Gasteiger partial charge on any atom is -0.456 e. The molecule has 5 heteroatoms. The minimum absolute atomic E-state index is 0.00338. The van der Waals surface area contributed by atoms with E-state index in [0.29, 0.717) is 11.1 Å². The number of aryl methyl sites for hydroxylation is 2. The molecule has 2 aromatic rings. The second-order valence-corrected chi connectivity index (χ2v) is 8.78. The molecule has 0 saturated carbocycles. The molecule has 3 rings (SSSR count). The number of fused-ring (bicyclic) bond motifs is 1. The van der Waals surface area contributed by atoms with E-state index in [1.807, 2.05) is 24.3 Å². The summed E-state index contributed by atoms with van der Waals surface area (Å²) in [4.78, 5) is 36.5. The number of ether oxygens (including phenoxy) is 1. The third kappa shape index (κ3) is 5.56. The zero-order valence-corrected chi connectivity index (χ0v) is 17.9. The number of rotatable bonds is 6. The Morgan fingerprint density at radius 1 is 0.900 bits per heavy atom. The van der Waals surface area contributed by atoms with Gasteiger partial charge >= 0.3 is 5.97 Å². The van der Waals surface area contributed by atoms with Crippen molar-refractivity contribution in [1.82, 2.24) is 5.32 Å². The summed E-state index contributed by atoms with van der Waals surface area (Å²) in [7, 11) is 0.